The zero-order chi connectivity index (χ0) is 17.9. The minimum absolute atomic E-state index is 0.0627. The molecule has 26 heavy (non-hydrogen) atoms. The fraction of sp³-hybridized carbons (Fsp3) is 0.412. The van der Waals surface area contributed by atoms with Crippen LogP contribution in [0.5, 0.6) is 0 Å². The lowest BCUT2D eigenvalue weighted by atomic mass is 9.93. The van der Waals surface area contributed by atoms with Gasteiger partial charge in [0.25, 0.3) is 0 Å². The molecule has 4 heterocycles. The van der Waals surface area contributed by atoms with E-state index in [1.165, 1.54) is 0 Å². The lowest BCUT2D eigenvalue weighted by molar-refractivity contribution is 0.0783. The lowest BCUT2D eigenvalue weighted by Gasteiger charge is -2.30. The van der Waals surface area contributed by atoms with Crippen molar-refractivity contribution < 1.29 is 9.32 Å². The summed E-state index contributed by atoms with van der Waals surface area (Å²) >= 11 is 0. The van der Waals surface area contributed by atoms with Gasteiger partial charge >= 0.3 is 0 Å². The number of aryl methyl sites for hydroxylation is 1. The van der Waals surface area contributed by atoms with E-state index in [4.69, 9.17) is 4.52 Å². The minimum atomic E-state index is -0.0627. The van der Waals surface area contributed by atoms with Crippen molar-refractivity contribution in [2.75, 3.05) is 13.1 Å². The molecule has 1 fully saturated rings. The van der Waals surface area contributed by atoms with Gasteiger partial charge in [0.05, 0.1) is 12.7 Å². The summed E-state index contributed by atoms with van der Waals surface area (Å²) in [6, 6.07) is 0. The van der Waals surface area contributed by atoms with Gasteiger partial charge in [-0.05, 0) is 19.4 Å². The van der Waals surface area contributed by atoms with Gasteiger partial charge in [-0.1, -0.05) is 5.16 Å². The molecule has 0 spiro atoms. The number of aromatic nitrogens is 6. The van der Waals surface area contributed by atoms with Crippen LogP contribution in [0.2, 0.25) is 0 Å². The molecular weight excluding hydrogens is 334 g/mol. The van der Waals surface area contributed by atoms with Crippen LogP contribution < -0.4 is 0 Å². The number of carbonyl (C=O) groups is 1. The quantitative estimate of drug-likeness (QED) is 0.633. The van der Waals surface area contributed by atoms with Gasteiger partial charge in [0.1, 0.15) is 5.69 Å². The van der Waals surface area contributed by atoms with Gasteiger partial charge in [-0.3, -0.25) is 14.7 Å². The molecule has 0 radical (unpaired) electrons. The Bertz CT molecular complexity index is 889. The van der Waals surface area contributed by atoms with Crippen molar-refractivity contribution in [1.82, 2.24) is 34.6 Å². The van der Waals surface area contributed by atoms with Crippen LogP contribution in [0.15, 0.2) is 35.5 Å². The normalized spacial score (nSPS) is 18.1. The maximum atomic E-state index is 12.7. The van der Waals surface area contributed by atoms with E-state index >= 15 is 0 Å². The first-order valence-electron chi connectivity index (χ1n) is 8.53. The van der Waals surface area contributed by atoms with Gasteiger partial charge < -0.3 is 9.09 Å². The fourth-order valence-corrected chi connectivity index (χ4v) is 3.23. The molecule has 3 aromatic heterocycles. The van der Waals surface area contributed by atoms with Crippen molar-refractivity contribution >= 4 is 5.78 Å². The predicted octanol–water partition coefficient (Wildman–Crippen LogP) is 1.35. The number of imidazole rings is 1. The zero-order valence-electron chi connectivity index (χ0n) is 14.4. The van der Waals surface area contributed by atoms with Gasteiger partial charge in [-0.2, -0.15) is 4.98 Å². The number of nitrogens with zero attached hydrogens (tertiary/aromatic N) is 7. The van der Waals surface area contributed by atoms with E-state index in [0.29, 0.717) is 36.3 Å². The molecule has 4 rings (SSSR count). The molecule has 1 atom stereocenters. The van der Waals surface area contributed by atoms with Crippen LogP contribution in [-0.2, 0) is 13.6 Å². The second kappa shape index (κ2) is 7.12. The molecule has 9 heteroatoms. The Morgan fingerprint density at radius 3 is 3.00 bits per heavy atom. The van der Waals surface area contributed by atoms with Crippen molar-refractivity contribution in [2.24, 2.45) is 13.0 Å². The fourth-order valence-electron chi connectivity index (χ4n) is 3.23. The second-order valence-electron chi connectivity index (χ2n) is 6.40. The van der Waals surface area contributed by atoms with E-state index in [2.05, 4.69) is 30.0 Å². The van der Waals surface area contributed by atoms with Crippen LogP contribution in [-0.4, -0.2) is 53.4 Å². The third-order valence-corrected chi connectivity index (χ3v) is 4.54. The number of piperidine rings is 1. The smallest absolute Gasteiger partial charge is 0.241 e. The maximum absolute atomic E-state index is 12.7. The first kappa shape index (κ1) is 16.5. The Morgan fingerprint density at radius 1 is 1.31 bits per heavy atom. The van der Waals surface area contributed by atoms with Gasteiger partial charge in [-0.25, -0.2) is 9.97 Å². The maximum Gasteiger partial charge on any atom is 0.241 e. The number of rotatable bonds is 5. The number of likely N-dealkylation sites (tertiary alicyclic amines) is 1. The monoisotopic (exact) mass is 353 g/mol. The van der Waals surface area contributed by atoms with Crippen molar-refractivity contribution in [3.05, 3.63) is 42.7 Å². The summed E-state index contributed by atoms with van der Waals surface area (Å²) in [6.07, 6.45) is 10.0. The van der Waals surface area contributed by atoms with Crippen molar-refractivity contribution in [3.8, 4) is 11.5 Å². The van der Waals surface area contributed by atoms with E-state index in [1.54, 1.807) is 35.6 Å². The van der Waals surface area contributed by atoms with Gasteiger partial charge in [0.15, 0.2) is 5.82 Å². The van der Waals surface area contributed by atoms with E-state index < -0.39 is 0 Å². The highest BCUT2D eigenvalue weighted by Crippen LogP contribution is 2.22. The predicted molar refractivity (Wildman–Crippen MR) is 90.9 cm³/mol. The third kappa shape index (κ3) is 3.38. The SMILES string of the molecule is Cn1ccnc1C(=O)C1CCCN(Cc2nc(-c3cnccn3)no2)C1. The van der Waals surface area contributed by atoms with Crippen LogP contribution in [0.1, 0.15) is 29.4 Å². The lowest BCUT2D eigenvalue weighted by Crippen LogP contribution is -2.39. The molecule has 1 saturated heterocycles. The molecular formula is C17H19N7O2. The standard InChI is InChI=1S/C17H19N7O2/c1-23-8-6-20-17(23)15(25)12-3-2-7-24(10-12)11-14-21-16(22-26-14)13-9-18-4-5-19-13/h4-6,8-9,12H,2-3,7,10-11H2,1H3. The van der Waals surface area contributed by atoms with E-state index in [0.717, 1.165) is 19.4 Å². The first-order chi connectivity index (χ1) is 12.7. The summed E-state index contributed by atoms with van der Waals surface area (Å²) in [6.45, 7) is 2.07. The molecule has 0 N–H and O–H groups in total. The molecule has 1 unspecified atom stereocenters. The van der Waals surface area contributed by atoms with E-state index in [9.17, 15) is 4.79 Å². The molecule has 134 valence electrons. The highest BCUT2D eigenvalue weighted by atomic mass is 16.5. The van der Waals surface area contributed by atoms with Crippen LogP contribution in [0.4, 0.5) is 0 Å². The summed E-state index contributed by atoms with van der Waals surface area (Å²) in [5.41, 5.74) is 0.573. The average Bonchev–Trinajstić information content (AvgIpc) is 3.31. The van der Waals surface area contributed by atoms with Crippen LogP contribution in [0, 0.1) is 5.92 Å². The van der Waals surface area contributed by atoms with E-state index in [1.807, 2.05) is 7.05 Å². The summed E-state index contributed by atoms with van der Waals surface area (Å²) in [5, 5.41) is 3.96. The topological polar surface area (TPSA) is 103 Å². The third-order valence-electron chi connectivity index (χ3n) is 4.54. The molecule has 0 aliphatic carbocycles. The van der Waals surface area contributed by atoms with Gasteiger partial charge in [0.2, 0.25) is 17.5 Å². The highest BCUT2D eigenvalue weighted by Gasteiger charge is 2.29. The van der Waals surface area contributed by atoms with Crippen molar-refractivity contribution in [1.29, 1.82) is 0 Å². The molecule has 9 nitrogen and oxygen atoms in total. The molecule has 0 bridgehead atoms. The number of Topliss-reactive ketones (excluding diaryl/α,β-unsaturated/α-hetero) is 1. The van der Waals surface area contributed by atoms with Gasteiger partial charge in [-0.15, -0.1) is 0 Å². The minimum Gasteiger partial charge on any atom is -0.337 e. The largest absolute Gasteiger partial charge is 0.337 e. The molecule has 1 aliphatic rings. The number of carbonyl (C=O) groups excluding carboxylic acids is 1. The Labute approximate surface area is 150 Å². The van der Waals surface area contributed by atoms with Crippen LogP contribution in [0.25, 0.3) is 11.5 Å². The van der Waals surface area contributed by atoms with E-state index in [-0.39, 0.29) is 11.7 Å². The molecule has 0 aromatic carbocycles. The van der Waals surface area contributed by atoms with Crippen LogP contribution in [0.3, 0.4) is 0 Å². The zero-order valence-corrected chi connectivity index (χ0v) is 14.4. The number of hydrogen-bond donors (Lipinski definition) is 0. The summed E-state index contributed by atoms with van der Waals surface area (Å²) in [4.78, 5) is 31.6. The molecule has 3 aromatic rings. The number of ketones is 1. The average molecular weight is 353 g/mol. The van der Waals surface area contributed by atoms with Crippen molar-refractivity contribution in [2.45, 2.75) is 19.4 Å². The highest BCUT2D eigenvalue weighted by molar-refractivity contribution is 5.94. The first-order valence-corrected chi connectivity index (χ1v) is 8.53. The Morgan fingerprint density at radius 2 is 2.23 bits per heavy atom. The Balaban J connectivity index is 1.42. The van der Waals surface area contributed by atoms with Crippen LogP contribution >= 0.6 is 0 Å². The molecule has 0 saturated carbocycles. The summed E-state index contributed by atoms with van der Waals surface area (Å²) in [7, 11) is 1.84. The molecule has 0 amide bonds. The van der Waals surface area contributed by atoms with Crippen molar-refractivity contribution in [3.63, 3.8) is 0 Å². The molecule has 1 aliphatic heterocycles. The van der Waals surface area contributed by atoms with Gasteiger partial charge in [0, 0.05) is 44.3 Å². The Kier molecular flexibility index (Phi) is 4.53. The Hall–Kier alpha value is -2.94. The summed E-state index contributed by atoms with van der Waals surface area (Å²) in [5.74, 6) is 1.47. The summed E-state index contributed by atoms with van der Waals surface area (Å²) < 4.78 is 7.11. The second-order valence-corrected chi connectivity index (χ2v) is 6.40. The number of hydrogen-bond acceptors (Lipinski definition) is 8.